The molecule has 0 unspecified atom stereocenters. The van der Waals surface area contributed by atoms with Gasteiger partial charge in [-0.1, -0.05) is 0 Å². The van der Waals surface area contributed by atoms with E-state index in [1.807, 2.05) is 0 Å². The Morgan fingerprint density at radius 3 is 1.18 bits per heavy atom. The van der Waals surface area contributed by atoms with Crippen molar-refractivity contribution in [1.82, 2.24) is 7.93 Å². The van der Waals surface area contributed by atoms with Gasteiger partial charge < -0.3 is 0 Å². The summed E-state index contributed by atoms with van der Waals surface area (Å²) in [4.78, 5) is 0. The third-order valence-corrected chi connectivity index (χ3v) is 21.0. The zero-order chi connectivity index (χ0) is 27.3. The molecule has 1 aromatic rings. The minimum absolute atomic E-state index is 0.0441. The zero-order valence-corrected chi connectivity index (χ0v) is 30.8. The monoisotopic (exact) mass is 581 g/mol. The molecular weight excluding hydrogens is 525 g/mol. The van der Waals surface area contributed by atoms with Gasteiger partial charge in [-0.2, -0.15) is 0 Å². The van der Waals surface area contributed by atoms with Crippen LogP contribution in [-0.4, -0.2) is 48.4 Å². The summed E-state index contributed by atoms with van der Waals surface area (Å²) in [7, 11) is -4.71. The van der Waals surface area contributed by atoms with Crippen molar-refractivity contribution in [3.63, 3.8) is 0 Å². The fourth-order valence-electron chi connectivity index (χ4n) is 4.45. The summed E-state index contributed by atoms with van der Waals surface area (Å²) in [6, 6.07) is 4.92. The van der Waals surface area contributed by atoms with Crippen LogP contribution in [0.4, 0.5) is 5.69 Å². The summed E-state index contributed by atoms with van der Waals surface area (Å²) in [5.74, 6) is 0. The number of hydrogen-bond acceptors (Lipinski definition) is 2. The molecule has 3 nitrogen and oxygen atoms in total. The SMILES string of the molecule is CC(C)(C)c1cc(C(C)(C)C)c(N=[As]N(N([Si](C)(C)C)[Si](C)(C)C)[Si](C)(C)C)c(C(C)(C)C)c1. The molecule has 0 aromatic heterocycles. The van der Waals surface area contributed by atoms with Gasteiger partial charge in [-0.3, -0.25) is 0 Å². The Labute approximate surface area is 223 Å². The Morgan fingerprint density at radius 1 is 0.588 bits per heavy atom. The molecule has 0 spiro atoms. The standard InChI is InChI=1S/C27H56AsN3Si3/c1-25(2,3)21-19-22(26(4,5)6)24(23(20-21)27(7,8)9)29-28-30(32(10,11)12)31(33(13,14)15)34(16,17)18/h19-20H,1-18H3. The normalized spacial score (nSPS) is 15.2. The first-order chi connectivity index (χ1) is 14.7. The molecular formula is C27H56AsN3Si3. The van der Waals surface area contributed by atoms with E-state index in [0.717, 1.165) is 0 Å². The fraction of sp³-hybridized carbons (Fsp3) is 0.778. The van der Waals surface area contributed by atoms with Crippen LogP contribution >= 0.6 is 0 Å². The molecule has 0 radical (unpaired) electrons. The molecule has 0 aliphatic rings. The van der Waals surface area contributed by atoms with E-state index in [1.165, 1.54) is 22.4 Å². The first-order valence-electron chi connectivity index (χ1n) is 12.9. The number of rotatable bonds is 6. The van der Waals surface area contributed by atoms with Crippen LogP contribution in [0.2, 0.25) is 58.9 Å². The van der Waals surface area contributed by atoms with E-state index in [0.29, 0.717) is 0 Å². The molecule has 0 aliphatic carbocycles. The van der Waals surface area contributed by atoms with E-state index in [4.69, 9.17) is 3.86 Å². The molecule has 0 amide bonds. The van der Waals surface area contributed by atoms with E-state index >= 15 is 0 Å². The van der Waals surface area contributed by atoms with Crippen molar-refractivity contribution in [3.05, 3.63) is 28.8 Å². The molecule has 0 aliphatic heterocycles. The second kappa shape index (κ2) is 10.1. The average molecular weight is 582 g/mol. The molecule has 0 bridgehead atoms. The number of hydrogen-bond donors (Lipinski definition) is 0. The number of benzene rings is 1. The van der Waals surface area contributed by atoms with Crippen molar-refractivity contribution in [2.24, 2.45) is 3.86 Å². The Balaban J connectivity index is 4.01. The predicted molar refractivity (Wildman–Crippen MR) is 164 cm³/mol. The van der Waals surface area contributed by atoms with Gasteiger partial charge in [0.15, 0.2) is 0 Å². The third-order valence-electron chi connectivity index (χ3n) is 5.88. The van der Waals surface area contributed by atoms with Crippen LogP contribution in [0.3, 0.4) is 0 Å². The van der Waals surface area contributed by atoms with Gasteiger partial charge in [0.05, 0.1) is 0 Å². The molecule has 1 aromatic carbocycles. The summed E-state index contributed by atoms with van der Waals surface area (Å²) in [6.45, 7) is 43.7. The maximum atomic E-state index is 5.63. The Kier molecular flexibility index (Phi) is 9.59. The first-order valence-corrected chi connectivity index (χ1v) is 24.9. The van der Waals surface area contributed by atoms with E-state index in [2.05, 4.69) is 141 Å². The molecule has 0 heterocycles. The molecule has 7 heteroatoms. The summed E-state index contributed by atoms with van der Waals surface area (Å²) >= 11 is -0.344. The van der Waals surface area contributed by atoms with Gasteiger partial charge in [0.2, 0.25) is 0 Å². The van der Waals surface area contributed by atoms with Crippen molar-refractivity contribution in [3.8, 4) is 0 Å². The quantitative estimate of drug-likeness (QED) is 0.247. The van der Waals surface area contributed by atoms with Crippen molar-refractivity contribution in [2.45, 2.75) is 137 Å². The van der Waals surface area contributed by atoms with Crippen molar-refractivity contribution in [1.29, 1.82) is 0 Å². The topological polar surface area (TPSA) is 18.8 Å². The first kappa shape index (κ1) is 32.2. The molecule has 0 atom stereocenters. The van der Waals surface area contributed by atoms with Gasteiger partial charge in [0.1, 0.15) is 0 Å². The Morgan fingerprint density at radius 2 is 0.941 bits per heavy atom. The van der Waals surface area contributed by atoms with Gasteiger partial charge in [-0.05, 0) is 0 Å². The van der Waals surface area contributed by atoms with Gasteiger partial charge >= 0.3 is 224 Å². The number of hydrazine groups is 1. The van der Waals surface area contributed by atoms with Gasteiger partial charge in [0.25, 0.3) is 0 Å². The molecule has 196 valence electrons. The maximum absolute atomic E-state index is 5.63. The predicted octanol–water partition coefficient (Wildman–Crippen LogP) is 9.04. The molecule has 0 saturated heterocycles. The molecule has 0 fully saturated rings. The zero-order valence-electron chi connectivity index (χ0n) is 25.9. The van der Waals surface area contributed by atoms with Crippen LogP contribution in [-0.2, 0) is 16.2 Å². The van der Waals surface area contributed by atoms with Crippen LogP contribution in [0.25, 0.3) is 0 Å². The van der Waals surface area contributed by atoms with Crippen LogP contribution < -0.4 is 0 Å². The van der Waals surface area contributed by atoms with Gasteiger partial charge in [0, 0.05) is 0 Å². The summed E-state index contributed by atoms with van der Waals surface area (Å²) < 4.78 is 11.4. The third kappa shape index (κ3) is 8.34. The van der Waals surface area contributed by atoms with Crippen molar-refractivity contribution < 1.29 is 0 Å². The fourth-order valence-corrected chi connectivity index (χ4v) is 24.8. The molecule has 1 rings (SSSR count). The van der Waals surface area contributed by atoms with Crippen LogP contribution in [0.1, 0.15) is 79.0 Å². The molecule has 0 N–H and O–H groups in total. The van der Waals surface area contributed by atoms with E-state index in [-0.39, 0.29) is 32.0 Å². The molecule has 34 heavy (non-hydrogen) atoms. The van der Waals surface area contributed by atoms with Crippen LogP contribution in [0.15, 0.2) is 16.0 Å². The van der Waals surface area contributed by atoms with E-state index in [9.17, 15) is 0 Å². The summed E-state index contributed by atoms with van der Waals surface area (Å²) in [5, 5.41) is 0. The van der Waals surface area contributed by atoms with Gasteiger partial charge in [-0.15, -0.1) is 0 Å². The van der Waals surface area contributed by atoms with Crippen molar-refractivity contribution in [2.75, 3.05) is 0 Å². The second-order valence-corrected chi connectivity index (χ2v) is 33.1. The van der Waals surface area contributed by atoms with E-state index < -0.39 is 24.7 Å². The minimum atomic E-state index is -1.61. The Bertz CT molecular complexity index is 836. The van der Waals surface area contributed by atoms with Crippen LogP contribution in [0.5, 0.6) is 0 Å². The van der Waals surface area contributed by atoms with Gasteiger partial charge in [-0.25, -0.2) is 0 Å². The Hall–Kier alpha value is 0.149. The van der Waals surface area contributed by atoms with Crippen molar-refractivity contribution >= 4 is 46.2 Å². The number of nitrogens with zero attached hydrogens (tertiary/aromatic N) is 3. The van der Waals surface area contributed by atoms with Crippen LogP contribution in [0, 0.1) is 0 Å². The summed E-state index contributed by atoms with van der Waals surface area (Å²) in [6.07, 6.45) is 0. The second-order valence-electron chi connectivity index (χ2n) is 16.0. The average Bonchev–Trinajstić information content (AvgIpc) is 2.51. The summed E-state index contributed by atoms with van der Waals surface area (Å²) in [5.41, 5.74) is 5.70. The molecule has 0 saturated carbocycles. The van der Waals surface area contributed by atoms with E-state index in [1.54, 1.807) is 0 Å².